The fourth-order valence-electron chi connectivity index (χ4n) is 1.54. The van der Waals surface area contributed by atoms with Gasteiger partial charge in [0.05, 0.1) is 29.5 Å². The monoisotopic (exact) mass is 241 g/mol. The van der Waals surface area contributed by atoms with Gasteiger partial charge in [-0.1, -0.05) is 0 Å². The zero-order valence-corrected chi connectivity index (χ0v) is 9.24. The van der Waals surface area contributed by atoms with Crippen LogP contribution in [0.1, 0.15) is 0 Å². The molecule has 0 amide bonds. The van der Waals surface area contributed by atoms with Crippen molar-refractivity contribution in [1.82, 2.24) is 0 Å². The summed E-state index contributed by atoms with van der Waals surface area (Å²) in [6.07, 6.45) is 0. The number of anilines is 2. The van der Waals surface area contributed by atoms with Gasteiger partial charge in [0.25, 0.3) is 5.69 Å². The number of aliphatic hydroxyl groups is 2. The molecule has 4 N–H and O–H groups in total. The van der Waals surface area contributed by atoms with E-state index >= 15 is 0 Å². The summed E-state index contributed by atoms with van der Waals surface area (Å²) in [6, 6.07) is 4.11. The van der Waals surface area contributed by atoms with Crippen molar-refractivity contribution in [2.45, 2.75) is 0 Å². The molecule has 0 aliphatic rings. The van der Waals surface area contributed by atoms with Crippen LogP contribution >= 0.6 is 0 Å². The predicted molar refractivity (Wildman–Crippen MR) is 63.9 cm³/mol. The highest BCUT2D eigenvalue weighted by Crippen LogP contribution is 2.27. The third-order valence-corrected chi connectivity index (χ3v) is 2.30. The first kappa shape index (κ1) is 13.2. The molecule has 0 bridgehead atoms. The first-order valence-corrected chi connectivity index (χ1v) is 5.10. The molecule has 17 heavy (non-hydrogen) atoms. The fourth-order valence-corrected chi connectivity index (χ4v) is 1.54. The molecular weight excluding hydrogens is 226 g/mol. The number of nitro groups is 1. The van der Waals surface area contributed by atoms with E-state index < -0.39 is 4.92 Å². The van der Waals surface area contributed by atoms with E-state index in [9.17, 15) is 10.1 Å². The third-order valence-electron chi connectivity index (χ3n) is 2.30. The summed E-state index contributed by atoms with van der Waals surface area (Å²) in [5.41, 5.74) is 6.45. The van der Waals surface area contributed by atoms with E-state index in [0.29, 0.717) is 18.8 Å². The summed E-state index contributed by atoms with van der Waals surface area (Å²) in [4.78, 5) is 11.7. The Morgan fingerprint density at radius 2 is 1.88 bits per heavy atom. The van der Waals surface area contributed by atoms with E-state index in [1.54, 1.807) is 4.90 Å². The zero-order chi connectivity index (χ0) is 12.8. The minimum absolute atomic E-state index is 0.0841. The summed E-state index contributed by atoms with van der Waals surface area (Å²) in [7, 11) is 0. The average Bonchev–Trinajstić information content (AvgIpc) is 2.28. The van der Waals surface area contributed by atoms with Crippen LogP contribution in [0, 0.1) is 10.1 Å². The first-order chi connectivity index (χ1) is 8.10. The molecule has 1 rings (SSSR count). The van der Waals surface area contributed by atoms with Gasteiger partial charge < -0.3 is 20.8 Å². The van der Waals surface area contributed by atoms with Crippen LogP contribution in [0.2, 0.25) is 0 Å². The van der Waals surface area contributed by atoms with Crippen molar-refractivity contribution < 1.29 is 15.1 Å². The number of benzene rings is 1. The Kier molecular flexibility index (Phi) is 4.68. The maximum absolute atomic E-state index is 10.5. The highest BCUT2D eigenvalue weighted by molar-refractivity contribution is 5.70. The van der Waals surface area contributed by atoms with Crippen molar-refractivity contribution in [2.75, 3.05) is 36.9 Å². The van der Waals surface area contributed by atoms with Gasteiger partial charge in [-0.3, -0.25) is 10.1 Å². The standard InChI is InChI=1S/C10H15N3O4/c11-9-7-8(13(16)17)1-2-10(9)12(3-5-14)4-6-15/h1-2,7,14-15H,3-6,11H2. The van der Waals surface area contributed by atoms with Gasteiger partial charge in [-0.15, -0.1) is 0 Å². The Morgan fingerprint density at radius 1 is 1.29 bits per heavy atom. The van der Waals surface area contributed by atoms with Crippen molar-refractivity contribution in [3.8, 4) is 0 Å². The van der Waals surface area contributed by atoms with Gasteiger partial charge in [0.2, 0.25) is 0 Å². The SMILES string of the molecule is Nc1cc([N+](=O)[O-])ccc1N(CCO)CCO. The molecule has 0 fully saturated rings. The van der Waals surface area contributed by atoms with Gasteiger partial charge >= 0.3 is 0 Å². The molecule has 0 heterocycles. The molecule has 0 aliphatic heterocycles. The normalized spacial score (nSPS) is 10.2. The lowest BCUT2D eigenvalue weighted by Gasteiger charge is -2.24. The van der Waals surface area contributed by atoms with Crippen LogP contribution in [0.4, 0.5) is 17.1 Å². The van der Waals surface area contributed by atoms with Crippen LogP contribution < -0.4 is 10.6 Å². The summed E-state index contributed by atoms with van der Waals surface area (Å²) in [5, 5.41) is 28.3. The van der Waals surface area contributed by atoms with Crippen molar-refractivity contribution in [1.29, 1.82) is 0 Å². The topological polar surface area (TPSA) is 113 Å². The molecule has 0 saturated heterocycles. The molecule has 0 unspecified atom stereocenters. The first-order valence-electron chi connectivity index (χ1n) is 5.10. The number of non-ortho nitro benzene ring substituents is 1. The van der Waals surface area contributed by atoms with Crippen LogP contribution in [-0.2, 0) is 0 Å². The summed E-state index contributed by atoms with van der Waals surface area (Å²) in [6.45, 7) is 0.442. The smallest absolute Gasteiger partial charge is 0.271 e. The van der Waals surface area contributed by atoms with E-state index in [1.807, 2.05) is 0 Å². The molecule has 7 nitrogen and oxygen atoms in total. The number of nitro benzene ring substituents is 1. The molecule has 0 aromatic heterocycles. The molecule has 0 atom stereocenters. The van der Waals surface area contributed by atoms with E-state index in [1.165, 1.54) is 18.2 Å². The van der Waals surface area contributed by atoms with Crippen LogP contribution in [-0.4, -0.2) is 41.4 Å². The van der Waals surface area contributed by atoms with Crippen molar-refractivity contribution >= 4 is 17.1 Å². The molecule has 7 heteroatoms. The van der Waals surface area contributed by atoms with Gasteiger partial charge in [0.1, 0.15) is 0 Å². The second-order valence-corrected chi connectivity index (χ2v) is 3.43. The summed E-state index contributed by atoms with van der Waals surface area (Å²) in [5.74, 6) is 0. The van der Waals surface area contributed by atoms with Crippen molar-refractivity contribution in [2.24, 2.45) is 0 Å². The Morgan fingerprint density at radius 3 is 2.29 bits per heavy atom. The lowest BCUT2D eigenvalue weighted by Crippen LogP contribution is -2.30. The summed E-state index contributed by atoms with van der Waals surface area (Å²) < 4.78 is 0. The minimum Gasteiger partial charge on any atom is -0.397 e. The lowest BCUT2D eigenvalue weighted by atomic mass is 10.2. The molecule has 0 aliphatic carbocycles. The quantitative estimate of drug-likeness (QED) is 0.366. The Labute approximate surface area is 98.2 Å². The van der Waals surface area contributed by atoms with Crippen LogP contribution in [0.3, 0.4) is 0 Å². The van der Waals surface area contributed by atoms with E-state index in [0.717, 1.165) is 0 Å². The van der Waals surface area contributed by atoms with Crippen molar-refractivity contribution in [3.63, 3.8) is 0 Å². The second kappa shape index (κ2) is 6.02. The number of nitrogen functional groups attached to an aromatic ring is 1. The average molecular weight is 241 g/mol. The van der Waals surface area contributed by atoms with Crippen LogP contribution in [0.5, 0.6) is 0 Å². The second-order valence-electron chi connectivity index (χ2n) is 3.43. The molecule has 0 radical (unpaired) electrons. The minimum atomic E-state index is -0.525. The molecule has 94 valence electrons. The predicted octanol–water partition coefficient (Wildman–Crippen LogP) is -0.0320. The number of rotatable bonds is 6. The fraction of sp³-hybridized carbons (Fsp3) is 0.400. The number of aliphatic hydroxyl groups excluding tert-OH is 2. The van der Waals surface area contributed by atoms with Gasteiger partial charge in [0.15, 0.2) is 0 Å². The maximum Gasteiger partial charge on any atom is 0.271 e. The van der Waals surface area contributed by atoms with E-state index in [4.69, 9.17) is 15.9 Å². The Bertz CT molecular complexity index is 391. The largest absolute Gasteiger partial charge is 0.397 e. The van der Waals surface area contributed by atoms with Crippen molar-refractivity contribution in [3.05, 3.63) is 28.3 Å². The van der Waals surface area contributed by atoms with Gasteiger partial charge in [0, 0.05) is 25.2 Å². The third kappa shape index (κ3) is 3.30. The van der Waals surface area contributed by atoms with Crippen LogP contribution in [0.15, 0.2) is 18.2 Å². The molecular formula is C10H15N3O4. The van der Waals surface area contributed by atoms with Crippen LogP contribution in [0.25, 0.3) is 0 Å². The number of hydrogen-bond donors (Lipinski definition) is 3. The molecule has 1 aromatic rings. The number of nitrogens with two attached hydrogens (primary N) is 1. The lowest BCUT2D eigenvalue weighted by molar-refractivity contribution is -0.384. The Balaban J connectivity index is 2.99. The van der Waals surface area contributed by atoms with E-state index in [2.05, 4.69) is 0 Å². The summed E-state index contributed by atoms with van der Waals surface area (Å²) >= 11 is 0. The number of nitrogens with zero attached hydrogens (tertiary/aromatic N) is 2. The molecule has 1 aromatic carbocycles. The Hall–Kier alpha value is -1.86. The maximum atomic E-state index is 10.5. The highest BCUT2D eigenvalue weighted by Gasteiger charge is 2.13. The van der Waals surface area contributed by atoms with E-state index in [-0.39, 0.29) is 24.6 Å². The van der Waals surface area contributed by atoms with Gasteiger partial charge in [-0.25, -0.2) is 0 Å². The number of hydrogen-bond acceptors (Lipinski definition) is 6. The zero-order valence-electron chi connectivity index (χ0n) is 9.24. The molecule has 0 saturated carbocycles. The van der Waals surface area contributed by atoms with Gasteiger partial charge in [-0.05, 0) is 6.07 Å². The van der Waals surface area contributed by atoms with Gasteiger partial charge in [-0.2, -0.15) is 0 Å². The highest BCUT2D eigenvalue weighted by atomic mass is 16.6. The molecule has 0 spiro atoms.